The number of nitrogens with one attached hydrogen (secondary N) is 1. The molecule has 6 heteroatoms. The van der Waals surface area contributed by atoms with E-state index in [0.29, 0.717) is 41.0 Å². The molecule has 5 nitrogen and oxygen atoms in total. The molecule has 32 heavy (non-hydrogen) atoms. The Morgan fingerprint density at radius 2 is 1.78 bits per heavy atom. The van der Waals surface area contributed by atoms with Gasteiger partial charge in [-0.1, -0.05) is 37.3 Å². The molecule has 2 unspecified atom stereocenters. The monoisotopic (exact) mass is 428 g/mol. The Morgan fingerprint density at radius 1 is 1.00 bits per heavy atom. The number of rotatable bonds is 3. The van der Waals surface area contributed by atoms with Crippen LogP contribution in [-0.4, -0.2) is 40.2 Å². The second kappa shape index (κ2) is 7.41. The van der Waals surface area contributed by atoms with Crippen LogP contribution < -0.4 is 10.2 Å². The lowest BCUT2D eigenvalue weighted by Gasteiger charge is -2.34. The highest BCUT2D eigenvalue weighted by Crippen LogP contribution is 2.38. The zero-order valence-corrected chi connectivity index (χ0v) is 18.0. The molecule has 4 aromatic rings. The number of phenols is 1. The van der Waals surface area contributed by atoms with Crippen molar-refractivity contribution < 1.29 is 9.50 Å². The van der Waals surface area contributed by atoms with Gasteiger partial charge in [0.25, 0.3) is 0 Å². The number of fused-ring (bicyclic) bond motifs is 4. The molecule has 162 valence electrons. The van der Waals surface area contributed by atoms with E-state index >= 15 is 4.39 Å². The first-order valence-electron chi connectivity index (χ1n) is 11.3. The molecule has 3 heterocycles. The fourth-order valence-electron chi connectivity index (χ4n) is 5.29. The van der Waals surface area contributed by atoms with Gasteiger partial charge >= 0.3 is 0 Å². The van der Waals surface area contributed by atoms with E-state index in [2.05, 4.69) is 15.2 Å². The number of aryl methyl sites for hydroxylation is 1. The molecule has 0 saturated carbocycles. The highest BCUT2D eigenvalue weighted by atomic mass is 19.1. The third-order valence-corrected chi connectivity index (χ3v) is 6.80. The average Bonchev–Trinajstić information content (AvgIpc) is 3.15. The lowest BCUT2D eigenvalue weighted by molar-refractivity contribution is 0.464. The van der Waals surface area contributed by atoms with Crippen molar-refractivity contribution in [1.82, 2.24) is 15.3 Å². The first-order chi connectivity index (χ1) is 15.6. The topological polar surface area (TPSA) is 61.3 Å². The van der Waals surface area contributed by atoms with Crippen LogP contribution in [0.25, 0.3) is 32.8 Å². The minimum atomic E-state index is -0.366. The molecule has 0 aliphatic carbocycles. The summed E-state index contributed by atoms with van der Waals surface area (Å²) in [7, 11) is 0. The second-order valence-corrected chi connectivity index (χ2v) is 8.90. The summed E-state index contributed by atoms with van der Waals surface area (Å²) in [6.45, 7) is 3.76. The first kappa shape index (κ1) is 19.4. The number of piperazine rings is 1. The number of aromatic nitrogens is 2. The Kier molecular flexibility index (Phi) is 4.50. The van der Waals surface area contributed by atoms with E-state index in [9.17, 15) is 5.11 Å². The fraction of sp³-hybridized carbons (Fsp3) is 0.308. The highest BCUT2D eigenvalue weighted by molar-refractivity contribution is 6.01. The smallest absolute Gasteiger partial charge is 0.157 e. The van der Waals surface area contributed by atoms with Crippen LogP contribution in [0.4, 0.5) is 10.2 Å². The third kappa shape index (κ3) is 3.09. The van der Waals surface area contributed by atoms with Crippen LogP contribution in [0.1, 0.15) is 25.6 Å². The zero-order chi connectivity index (χ0) is 21.8. The van der Waals surface area contributed by atoms with Gasteiger partial charge in [-0.25, -0.2) is 14.4 Å². The van der Waals surface area contributed by atoms with Crippen LogP contribution in [0, 0.1) is 5.82 Å². The summed E-state index contributed by atoms with van der Waals surface area (Å²) in [5, 5.41) is 16.4. The maximum Gasteiger partial charge on any atom is 0.157 e. The molecule has 2 saturated heterocycles. The van der Waals surface area contributed by atoms with Gasteiger partial charge < -0.3 is 15.3 Å². The molecule has 3 aromatic carbocycles. The number of hydrogen-bond donors (Lipinski definition) is 2. The maximum absolute atomic E-state index is 16.0. The molecule has 1 aromatic heterocycles. The third-order valence-electron chi connectivity index (χ3n) is 6.80. The highest BCUT2D eigenvalue weighted by Gasteiger charge is 2.33. The van der Waals surface area contributed by atoms with Gasteiger partial charge in [0.2, 0.25) is 0 Å². The van der Waals surface area contributed by atoms with E-state index in [1.54, 1.807) is 18.2 Å². The van der Waals surface area contributed by atoms with Crippen molar-refractivity contribution in [2.24, 2.45) is 0 Å². The van der Waals surface area contributed by atoms with Crippen molar-refractivity contribution >= 4 is 27.5 Å². The van der Waals surface area contributed by atoms with Crippen LogP contribution in [0.15, 0.2) is 48.5 Å². The normalized spacial score (nSPS) is 20.4. The quantitative estimate of drug-likeness (QED) is 0.491. The molecule has 6 rings (SSSR count). The van der Waals surface area contributed by atoms with Gasteiger partial charge in [0.1, 0.15) is 22.9 Å². The van der Waals surface area contributed by atoms with Gasteiger partial charge in [-0.3, -0.25) is 0 Å². The number of benzene rings is 3. The van der Waals surface area contributed by atoms with Crippen molar-refractivity contribution in [3.05, 3.63) is 60.2 Å². The Hall–Kier alpha value is -3.25. The number of nitrogens with zero attached hydrogens (tertiary/aromatic N) is 3. The van der Waals surface area contributed by atoms with E-state index in [1.807, 2.05) is 37.3 Å². The summed E-state index contributed by atoms with van der Waals surface area (Å²) >= 11 is 0. The number of anilines is 1. The number of phenolic OH excluding ortho intramolecular Hbond substituents is 1. The van der Waals surface area contributed by atoms with Crippen LogP contribution in [0.2, 0.25) is 0 Å². The lowest BCUT2D eigenvalue weighted by Crippen LogP contribution is -2.51. The van der Waals surface area contributed by atoms with Crippen LogP contribution >= 0.6 is 0 Å². The van der Waals surface area contributed by atoms with Gasteiger partial charge in [0.15, 0.2) is 5.82 Å². The average molecular weight is 429 g/mol. The SMILES string of the molecule is CCc1nc(N2CC3CCC(C2)N3)c2ccc(-c3cc(O)cc4ccccc34)c(F)c2n1. The Labute approximate surface area is 185 Å². The molecule has 0 radical (unpaired) electrons. The predicted octanol–water partition coefficient (Wildman–Crippen LogP) is 4.80. The van der Waals surface area contributed by atoms with E-state index in [1.165, 1.54) is 12.8 Å². The van der Waals surface area contributed by atoms with Gasteiger partial charge in [-0.15, -0.1) is 0 Å². The molecule has 2 aliphatic rings. The van der Waals surface area contributed by atoms with Gasteiger partial charge in [0, 0.05) is 42.5 Å². The summed E-state index contributed by atoms with van der Waals surface area (Å²) in [4.78, 5) is 11.7. The van der Waals surface area contributed by atoms with Crippen molar-refractivity contribution in [3.8, 4) is 16.9 Å². The van der Waals surface area contributed by atoms with Crippen LogP contribution in [0.3, 0.4) is 0 Å². The Bertz CT molecular complexity index is 1340. The summed E-state index contributed by atoms with van der Waals surface area (Å²) in [6, 6.07) is 15.7. The van der Waals surface area contributed by atoms with Crippen molar-refractivity contribution in [2.75, 3.05) is 18.0 Å². The van der Waals surface area contributed by atoms with Gasteiger partial charge in [0.05, 0.1) is 0 Å². The minimum absolute atomic E-state index is 0.118. The number of aromatic hydroxyl groups is 1. The second-order valence-electron chi connectivity index (χ2n) is 8.90. The zero-order valence-electron chi connectivity index (χ0n) is 18.0. The molecule has 0 amide bonds. The van der Waals surface area contributed by atoms with Gasteiger partial charge in [-0.2, -0.15) is 0 Å². The summed E-state index contributed by atoms with van der Waals surface area (Å²) < 4.78 is 16.0. The van der Waals surface area contributed by atoms with Crippen molar-refractivity contribution in [3.63, 3.8) is 0 Å². The lowest BCUT2D eigenvalue weighted by atomic mass is 9.96. The standard InChI is InChI=1S/C26H25FN4O/c1-2-23-29-25-21(26(30-23)31-13-16-7-8-17(14-31)28-16)10-9-20(24(25)27)22-12-18(32)11-15-5-3-4-6-19(15)22/h3-6,9-12,16-17,28,32H,2,7-8,13-14H2,1H3. The van der Waals surface area contributed by atoms with Crippen molar-refractivity contribution in [1.29, 1.82) is 0 Å². The molecular weight excluding hydrogens is 403 g/mol. The molecule has 2 aliphatic heterocycles. The van der Waals surface area contributed by atoms with Crippen LogP contribution in [-0.2, 0) is 6.42 Å². The molecule has 2 fully saturated rings. The summed E-state index contributed by atoms with van der Waals surface area (Å²) in [6.07, 6.45) is 2.99. The molecule has 0 spiro atoms. The molecule has 2 atom stereocenters. The molecule has 2 N–H and O–H groups in total. The number of halogens is 1. The van der Waals surface area contributed by atoms with E-state index in [0.717, 1.165) is 35.1 Å². The number of hydrogen-bond acceptors (Lipinski definition) is 5. The first-order valence-corrected chi connectivity index (χ1v) is 11.3. The Morgan fingerprint density at radius 3 is 2.56 bits per heavy atom. The van der Waals surface area contributed by atoms with Crippen molar-refractivity contribution in [2.45, 2.75) is 38.3 Å². The van der Waals surface area contributed by atoms with E-state index < -0.39 is 0 Å². The van der Waals surface area contributed by atoms with Gasteiger partial charge in [-0.05, 0) is 47.4 Å². The minimum Gasteiger partial charge on any atom is -0.508 e. The molecule has 2 bridgehead atoms. The summed E-state index contributed by atoms with van der Waals surface area (Å²) in [5.41, 5.74) is 1.46. The van der Waals surface area contributed by atoms with Crippen LogP contribution in [0.5, 0.6) is 5.75 Å². The van der Waals surface area contributed by atoms with E-state index in [4.69, 9.17) is 4.98 Å². The van der Waals surface area contributed by atoms with E-state index in [-0.39, 0.29) is 11.6 Å². The fourth-order valence-corrected chi connectivity index (χ4v) is 5.29. The maximum atomic E-state index is 16.0. The largest absolute Gasteiger partial charge is 0.508 e. The molecular formula is C26H25FN4O. The Balaban J connectivity index is 1.56. The summed E-state index contributed by atoms with van der Waals surface area (Å²) in [5.74, 6) is 1.23. The predicted molar refractivity (Wildman–Crippen MR) is 126 cm³/mol.